The first-order valence-electron chi connectivity index (χ1n) is 3.42. The monoisotopic (exact) mass is 165 g/mol. The highest BCUT2D eigenvalue weighted by Crippen LogP contribution is 2.02. The third kappa shape index (κ3) is 0.868. The van der Waals surface area contributed by atoms with Gasteiger partial charge in [0, 0.05) is 12.3 Å². The molecule has 2 aromatic rings. The van der Waals surface area contributed by atoms with Gasteiger partial charge in [-0.15, -0.1) is 0 Å². The van der Waals surface area contributed by atoms with E-state index in [1.54, 1.807) is 12.3 Å². The van der Waals surface area contributed by atoms with Crippen molar-refractivity contribution in [2.45, 2.75) is 0 Å². The van der Waals surface area contributed by atoms with Crippen LogP contribution in [-0.2, 0) is 0 Å². The summed E-state index contributed by atoms with van der Waals surface area (Å²) >= 11 is 0. The molecule has 0 aliphatic rings. The summed E-state index contributed by atoms with van der Waals surface area (Å²) < 4.78 is 6.17. The van der Waals surface area contributed by atoms with Crippen LogP contribution in [0.3, 0.4) is 0 Å². The summed E-state index contributed by atoms with van der Waals surface area (Å²) in [6.07, 6.45) is 1.64. The number of aromatic nitrogens is 3. The van der Waals surface area contributed by atoms with Crippen molar-refractivity contribution < 1.29 is 4.74 Å². The molecule has 0 unspecified atom stereocenters. The molecule has 0 aliphatic carbocycles. The Labute approximate surface area is 67.6 Å². The molecular weight excluding hydrogens is 158 g/mol. The molecule has 0 spiro atoms. The van der Waals surface area contributed by atoms with Crippen LogP contribution in [0.15, 0.2) is 23.1 Å². The molecule has 2 rings (SSSR count). The third-order valence-corrected chi connectivity index (χ3v) is 1.57. The van der Waals surface area contributed by atoms with Crippen molar-refractivity contribution in [2.75, 3.05) is 7.11 Å². The Morgan fingerprint density at radius 3 is 3.25 bits per heavy atom. The summed E-state index contributed by atoms with van der Waals surface area (Å²) in [5, 5.41) is 2.73. The Kier molecular flexibility index (Phi) is 1.36. The van der Waals surface area contributed by atoms with Crippen molar-refractivity contribution in [1.82, 2.24) is 14.6 Å². The van der Waals surface area contributed by atoms with Gasteiger partial charge in [-0.05, 0) is 0 Å². The van der Waals surface area contributed by atoms with Gasteiger partial charge in [0.2, 0.25) is 5.88 Å². The lowest BCUT2D eigenvalue weighted by Crippen LogP contribution is -2.13. The first-order valence-corrected chi connectivity index (χ1v) is 3.42. The van der Waals surface area contributed by atoms with Crippen LogP contribution in [0, 0.1) is 0 Å². The number of H-pyrrole nitrogens is 1. The fourth-order valence-corrected chi connectivity index (χ4v) is 1.01. The van der Waals surface area contributed by atoms with Crippen molar-refractivity contribution in [3.8, 4) is 5.88 Å². The van der Waals surface area contributed by atoms with Crippen LogP contribution in [-0.4, -0.2) is 21.7 Å². The number of ether oxygens (including phenoxy) is 1. The van der Waals surface area contributed by atoms with E-state index in [0.717, 1.165) is 0 Å². The smallest absolute Gasteiger partial charge is 0.276 e. The first kappa shape index (κ1) is 6.90. The van der Waals surface area contributed by atoms with Gasteiger partial charge >= 0.3 is 0 Å². The second kappa shape index (κ2) is 2.37. The number of nitrogens with one attached hydrogen (secondary N) is 1. The molecule has 0 fully saturated rings. The molecule has 0 aliphatic heterocycles. The molecule has 0 aromatic carbocycles. The van der Waals surface area contributed by atoms with E-state index >= 15 is 0 Å². The number of nitrogens with zero attached hydrogens (tertiary/aromatic N) is 2. The normalized spacial score (nSPS) is 10.4. The average molecular weight is 165 g/mol. The molecule has 62 valence electrons. The molecule has 0 saturated heterocycles. The minimum Gasteiger partial charge on any atom is -0.481 e. The number of hydrogen-bond donors (Lipinski definition) is 1. The van der Waals surface area contributed by atoms with E-state index in [1.807, 2.05) is 0 Å². The van der Waals surface area contributed by atoms with E-state index in [-0.39, 0.29) is 5.56 Å². The van der Waals surface area contributed by atoms with Crippen LogP contribution in [0.4, 0.5) is 0 Å². The van der Waals surface area contributed by atoms with Gasteiger partial charge in [-0.3, -0.25) is 9.89 Å². The standard InChI is InChI=1S/C7H7N3O2/c1-12-6-4-7(11)10-5(9-6)2-3-8-10/h2-4,8H,1H3. The molecule has 5 heteroatoms. The number of methoxy groups -OCH3 is 1. The topological polar surface area (TPSA) is 59.4 Å². The minimum absolute atomic E-state index is 0.179. The van der Waals surface area contributed by atoms with E-state index in [4.69, 9.17) is 4.74 Å². The Hall–Kier alpha value is -1.78. The molecule has 0 atom stereocenters. The first-order chi connectivity index (χ1) is 5.81. The molecule has 1 N–H and O–H groups in total. The fourth-order valence-electron chi connectivity index (χ4n) is 1.01. The van der Waals surface area contributed by atoms with Crippen LogP contribution < -0.4 is 10.3 Å². The predicted molar refractivity (Wildman–Crippen MR) is 42.4 cm³/mol. The zero-order chi connectivity index (χ0) is 8.55. The van der Waals surface area contributed by atoms with Crippen molar-refractivity contribution in [3.63, 3.8) is 0 Å². The molecule has 5 nitrogen and oxygen atoms in total. The molecule has 0 bridgehead atoms. The Bertz CT molecular complexity index is 457. The second-order valence-corrected chi connectivity index (χ2v) is 2.29. The number of aromatic amines is 1. The molecule has 0 amide bonds. The van der Waals surface area contributed by atoms with Gasteiger partial charge in [-0.25, -0.2) is 4.52 Å². The zero-order valence-electron chi connectivity index (χ0n) is 6.44. The summed E-state index contributed by atoms with van der Waals surface area (Å²) in [5.41, 5.74) is 0.376. The minimum atomic E-state index is -0.179. The van der Waals surface area contributed by atoms with Crippen molar-refractivity contribution >= 4 is 5.65 Å². The second-order valence-electron chi connectivity index (χ2n) is 2.29. The summed E-state index contributed by atoms with van der Waals surface area (Å²) in [4.78, 5) is 15.3. The highest BCUT2D eigenvalue weighted by atomic mass is 16.5. The highest BCUT2D eigenvalue weighted by molar-refractivity contribution is 5.37. The van der Waals surface area contributed by atoms with E-state index in [2.05, 4.69) is 10.1 Å². The summed E-state index contributed by atoms with van der Waals surface area (Å²) in [6, 6.07) is 3.02. The van der Waals surface area contributed by atoms with Gasteiger partial charge < -0.3 is 4.74 Å². The Morgan fingerprint density at radius 2 is 2.50 bits per heavy atom. The fraction of sp³-hybridized carbons (Fsp3) is 0.143. The van der Waals surface area contributed by atoms with Crippen LogP contribution in [0.5, 0.6) is 5.88 Å². The van der Waals surface area contributed by atoms with Crippen molar-refractivity contribution in [1.29, 1.82) is 0 Å². The van der Waals surface area contributed by atoms with Gasteiger partial charge in [0.25, 0.3) is 5.56 Å². The van der Waals surface area contributed by atoms with E-state index < -0.39 is 0 Å². The van der Waals surface area contributed by atoms with E-state index in [1.165, 1.54) is 17.7 Å². The van der Waals surface area contributed by atoms with Crippen LogP contribution >= 0.6 is 0 Å². The molecule has 12 heavy (non-hydrogen) atoms. The summed E-state index contributed by atoms with van der Waals surface area (Å²) in [6.45, 7) is 0. The maximum Gasteiger partial charge on any atom is 0.276 e. The SMILES string of the molecule is COc1cc(=O)n2[nH]ccc2n1. The van der Waals surface area contributed by atoms with Crippen molar-refractivity contribution in [3.05, 3.63) is 28.7 Å². The maximum absolute atomic E-state index is 11.2. The predicted octanol–water partition coefficient (Wildman–Crippen LogP) is 0.0312. The van der Waals surface area contributed by atoms with Crippen molar-refractivity contribution in [2.24, 2.45) is 0 Å². The molecule has 2 aromatic heterocycles. The molecule has 2 heterocycles. The van der Waals surface area contributed by atoms with Crippen LogP contribution in [0.2, 0.25) is 0 Å². The lowest BCUT2D eigenvalue weighted by atomic mass is 10.6. The maximum atomic E-state index is 11.2. The number of rotatable bonds is 1. The van der Waals surface area contributed by atoms with E-state index in [0.29, 0.717) is 11.5 Å². The van der Waals surface area contributed by atoms with E-state index in [9.17, 15) is 4.79 Å². The van der Waals surface area contributed by atoms with Gasteiger partial charge in [0.15, 0.2) is 5.65 Å². The lowest BCUT2D eigenvalue weighted by molar-refractivity contribution is 0.397. The Balaban J connectivity index is 2.84. The highest BCUT2D eigenvalue weighted by Gasteiger charge is 2.00. The largest absolute Gasteiger partial charge is 0.481 e. The van der Waals surface area contributed by atoms with Gasteiger partial charge in [0.1, 0.15) is 0 Å². The Morgan fingerprint density at radius 1 is 1.67 bits per heavy atom. The summed E-state index contributed by atoms with van der Waals surface area (Å²) in [5.74, 6) is 0.333. The number of hydrogen-bond acceptors (Lipinski definition) is 3. The van der Waals surface area contributed by atoms with Gasteiger partial charge in [-0.2, -0.15) is 4.98 Å². The molecule has 0 radical (unpaired) electrons. The van der Waals surface area contributed by atoms with Crippen LogP contribution in [0.1, 0.15) is 0 Å². The lowest BCUT2D eigenvalue weighted by Gasteiger charge is -1.96. The molecular formula is C7H7N3O2. The molecule has 0 saturated carbocycles. The quantitative estimate of drug-likeness (QED) is 0.648. The van der Waals surface area contributed by atoms with Crippen LogP contribution in [0.25, 0.3) is 5.65 Å². The average Bonchev–Trinajstić information content (AvgIpc) is 2.52. The zero-order valence-corrected chi connectivity index (χ0v) is 6.44. The summed E-state index contributed by atoms with van der Waals surface area (Å²) in [7, 11) is 1.48. The van der Waals surface area contributed by atoms with Gasteiger partial charge in [0.05, 0.1) is 13.2 Å². The number of fused-ring (bicyclic) bond motifs is 1. The van der Waals surface area contributed by atoms with Gasteiger partial charge in [-0.1, -0.05) is 0 Å². The third-order valence-electron chi connectivity index (χ3n) is 1.57.